The molecule has 1 saturated carbocycles. The van der Waals surface area contributed by atoms with Crippen molar-refractivity contribution in [3.8, 4) is 0 Å². The van der Waals surface area contributed by atoms with Crippen molar-refractivity contribution < 1.29 is 18.3 Å². The topological polar surface area (TPSA) is 74.7 Å². The van der Waals surface area contributed by atoms with E-state index in [1.807, 2.05) is 4.90 Å². The van der Waals surface area contributed by atoms with Crippen LogP contribution in [-0.2, 0) is 14.6 Å². The molecule has 5 nitrogen and oxygen atoms in total. The van der Waals surface area contributed by atoms with Crippen LogP contribution in [0.4, 0.5) is 0 Å². The molecule has 1 aliphatic carbocycles. The van der Waals surface area contributed by atoms with Gasteiger partial charge in [-0.05, 0) is 32.1 Å². The molecule has 2 heterocycles. The highest BCUT2D eigenvalue weighted by molar-refractivity contribution is 7.91. The molecule has 3 rings (SSSR count). The number of likely N-dealkylation sites (tertiary alicyclic amines) is 1. The third-order valence-corrected chi connectivity index (χ3v) is 6.96. The van der Waals surface area contributed by atoms with Crippen LogP contribution in [0.3, 0.4) is 0 Å². The van der Waals surface area contributed by atoms with Gasteiger partial charge in [0.25, 0.3) is 0 Å². The lowest BCUT2D eigenvalue weighted by molar-refractivity contribution is -0.137. The van der Waals surface area contributed by atoms with Gasteiger partial charge in [0.05, 0.1) is 23.5 Å². The smallest absolute Gasteiger partial charge is 0.227 e. The molecule has 4 atom stereocenters. The van der Waals surface area contributed by atoms with E-state index in [4.69, 9.17) is 0 Å². The molecule has 1 amide bonds. The fraction of sp³-hybridized carbons (Fsp3) is 0.929. The van der Waals surface area contributed by atoms with Gasteiger partial charge in [-0.15, -0.1) is 0 Å². The summed E-state index contributed by atoms with van der Waals surface area (Å²) in [5, 5.41) is 10.1. The molecule has 6 heteroatoms. The van der Waals surface area contributed by atoms with Crippen molar-refractivity contribution in [1.29, 1.82) is 0 Å². The first-order valence-corrected chi connectivity index (χ1v) is 9.49. The Bertz CT molecular complexity index is 489. The number of aliphatic hydroxyl groups is 1. The van der Waals surface area contributed by atoms with Crippen LogP contribution in [-0.4, -0.2) is 54.5 Å². The van der Waals surface area contributed by atoms with Gasteiger partial charge in [-0.2, -0.15) is 0 Å². The van der Waals surface area contributed by atoms with Gasteiger partial charge in [0.1, 0.15) is 0 Å². The van der Waals surface area contributed by atoms with E-state index in [-0.39, 0.29) is 41.4 Å². The quantitative estimate of drug-likeness (QED) is 0.809. The average Bonchev–Trinajstić information content (AvgIpc) is 3.07. The predicted molar refractivity (Wildman–Crippen MR) is 74.8 cm³/mol. The summed E-state index contributed by atoms with van der Waals surface area (Å²) in [4.78, 5) is 14.5. The summed E-state index contributed by atoms with van der Waals surface area (Å²) >= 11 is 0. The van der Waals surface area contributed by atoms with Gasteiger partial charge in [0, 0.05) is 18.5 Å². The molecule has 4 unspecified atom stereocenters. The Morgan fingerprint density at radius 3 is 2.50 bits per heavy atom. The number of nitrogens with zero attached hydrogens (tertiary/aromatic N) is 1. The molecular formula is C14H23NO4S. The molecule has 0 aromatic rings. The highest BCUT2D eigenvalue weighted by Crippen LogP contribution is 2.37. The average molecular weight is 301 g/mol. The first-order chi connectivity index (χ1) is 9.48. The summed E-state index contributed by atoms with van der Waals surface area (Å²) in [5.41, 5.74) is 0. The lowest BCUT2D eigenvalue weighted by Crippen LogP contribution is -2.45. The number of hydrogen-bond acceptors (Lipinski definition) is 4. The van der Waals surface area contributed by atoms with Crippen molar-refractivity contribution in [3.05, 3.63) is 0 Å². The fourth-order valence-corrected chi connectivity index (χ4v) is 5.89. The zero-order valence-electron chi connectivity index (χ0n) is 11.7. The highest BCUT2D eigenvalue weighted by atomic mass is 32.2. The first kappa shape index (κ1) is 14.3. The van der Waals surface area contributed by atoms with Crippen molar-refractivity contribution in [2.45, 2.75) is 50.7 Å². The van der Waals surface area contributed by atoms with Crippen LogP contribution in [0.2, 0.25) is 0 Å². The minimum absolute atomic E-state index is 0.00711. The Labute approximate surface area is 120 Å². The molecule has 2 saturated heterocycles. The molecular weight excluding hydrogens is 278 g/mol. The summed E-state index contributed by atoms with van der Waals surface area (Å²) in [6, 6.07) is 0.128. The minimum atomic E-state index is -3.01. The summed E-state index contributed by atoms with van der Waals surface area (Å²) in [5.74, 6) is 0.0160. The molecule has 2 aliphatic heterocycles. The van der Waals surface area contributed by atoms with Crippen LogP contribution in [0.1, 0.15) is 38.5 Å². The lowest BCUT2D eigenvalue weighted by atomic mass is 9.93. The van der Waals surface area contributed by atoms with Crippen LogP contribution in [0.25, 0.3) is 0 Å². The summed E-state index contributed by atoms with van der Waals surface area (Å²) in [6.45, 7) is 0.725. The second-order valence-corrected chi connectivity index (χ2v) is 8.73. The Hall–Kier alpha value is -0.620. The molecule has 0 aromatic carbocycles. The normalized spacial score (nSPS) is 40.4. The van der Waals surface area contributed by atoms with E-state index in [2.05, 4.69) is 0 Å². The second-order valence-electron chi connectivity index (χ2n) is 6.50. The number of carbonyl (C=O) groups excluding carboxylic acids is 1. The lowest BCUT2D eigenvalue weighted by Gasteiger charge is -2.32. The monoisotopic (exact) mass is 301 g/mol. The molecule has 0 spiro atoms. The molecule has 20 heavy (non-hydrogen) atoms. The number of amides is 1. The maximum absolute atomic E-state index is 12.6. The van der Waals surface area contributed by atoms with E-state index in [0.29, 0.717) is 6.42 Å². The van der Waals surface area contributed by atoms with Crippen molar-refractivity contribution in [2.75, 3.05) is 18.1 Å². The zero-order valence-corrected chi connectivity index (χ0v) is 12.5. The largest absolute Gasteiger partial charge is 0.393 e. The molecule has 0 bridgehead atoms. The van der Waals surface area contributed by atoms with Gasteiger partial charge >= 0.3 is 0 Å². The zero-order chi connectivity index (χ0) is 14.3. The van der Waals surface area contributed by atoms with E-state index >= 15 is 0 Å². The summed E-state index contributed by atoms with van der Waals surface area (Å²) < 4.78 is 23.1. The van der Waals surface area contributed by atoms with Crippen LogP contribution < -0.4 is 0 Å². The fourth-order valence-electron chi connectivity index (χ4n) is 4.15. The number of rotatable bonds is 2. The van der Waals surface area contributed by atoms with Crippen LogP contribution in [0, 0.1) is 11.8 Å². The molecule has 1 N–H and O–H groups in total. The highest BCUT2D eigenvalue weighted by Gasteiger charge is 2.43. The number of aliphatic hydroxyl groups excluding tert-OH is 1. The number of hydrogen-bond donors (Lipinski definition) is 1. The van der Waals surface area contributed by atoms with Crippen molar-refractivity contribution in [2.24, 2.45) is 11.8 Å². The van der Waals surface area contributed by atoms with Gasteiger partial charge in [-0.3, -0.25) is 4.79 Å². The first-order valence-electron chi connectivity index (χ1n) is 7.67. The maximum Gasteiger partial charge on any atom is 0.227 e. The SMILES string of the molecule is O=C(C1CCS(=O)(=O)C1)N1CCCC1C1CCCC1O. The van der Waals surface area contributed by atoms with Crippen molar-refractivity contribution >= 4 is 15.7 Å². The summed E-state index contributed by atoms with van der Waals surface area (Å²) in [6.07, 6.45) is 4.95. The third-order valence-electron chi connectivity index (χ3n) is 5.19. The molecule has 114 valence electrons. The van der Waals surface area contributed by atoms with Gasteiger partial charge in [-0.1, -0.05) is 6.42 Å². The van der Waals surface area contributed by atoms with E-state index < -0.39 is 9.84 Å². The molecule has 3 aliphatic rings. The second kappa shape index (κ2) is 5.30. The van der Waals surface area contributed by atoms with Crippen LogP contribution in [0.15, 0.2) is 0 Å². The van der Waals surface area contributed by atoms with Gasteiger partial charge in [-0.25, -0.2) is 8.42 Å². The number of sulfone groups is 1. The third kappa shape index (κ3) is 2.60. The Morgan fingerprint density at radius 1 is 1.10 bits per heavy atom. The minimum Gasteiger partial charge on any atom is -0.393 e. The summed E-state index contributed by atoms with van der Waals surface area (Å²) in [7, 11) is -3.01. The van der Waals surface area contributed by atoms with E-state index in [0.717, 1.165) is 38.6 Å². The van der Waals surface area contributed by atoms with Crippen molar-refractivity contribution in [3.63, 3.8) is 0 Å². The van der Waals surface area contributed by atoms with E-state index in [9.17, 15) is 18.3 Å². The maximum atomic E-state index is 12.6. The molecule has 0 radical (unpaired) electrons. The predicted octanol–water partition coefficient (Wildman–Crippen LogP) is 0.573. The standard InChI is InChI=1S/C14H23NO4S/c16-13-5-1-3-11(13)12-4-2-7-15(12)14(17)10-6-8-20(18,19)9-10/h10-13,16H,1-9H2. The van der Waals surface area contributed by atoms with Gasteiger partial charge in [0.2, 0.25) is 5.91 Å². The Morgan fingerprint density at radius 2 is 1.90 bits per heavy atom. The Kier molecular flexibility index (Phi) is 3.79. The van der Waals surface area contributed by atoms with Gasteiger partial charge in [0.15, 0.2) is 9.84 Å². The van der Waals surface area contributed by atoms with E-state index in [1.165, 1.54) is 0 Å². The van der Waals surface area contributed by atoms with E-state index in [1.54, 1.807) is 0 Å². The molecule has 3 fully saturated rings. The molecule has 0 aromatic heterocycles. The van der Waals surface area contributed by atoms with Crippen LogP contribution in [0.5, 0.6) is 0 Å². The van der Waals surface area contributed by atoms with Crippen LogP contribution >= 0.6 is 0 Å². The Balaban J connectivity index is 1.70. The van der Waals surface area contributed by atoms with Crippen molar-refractivity contribution in [1.82, 2.24) is 4.90 Å². The van der Waals surface area contributed by atoms with Gasteiger partial charge < -0.3 is 10.0 Å². The number of carbonyl (C=O) groups is 1.